The highest BCUT2D eigenvalue weighted by molar-refractivity contribution is 8.18. The van der Waals surface area contributed by atoms with Crippen molar-refractivity contribution in [1.29, 1.82) is 0 Å². The number of aliphatic imine (C=N–C) groups is 1. The number of nitrogens with zero attached hydrogens (tertiary/aromatic N) is 4. The van der Waals surface area contributed by atoms with Crippen LogP contribution in [0, 0.1) is 0 Å². The Balaban J connectivity index is 1.23. The van der Waals surface area contributed by atoms with Crippen LogP contribution in [-0.4, -0.2) is 50.9 Å². The molecule has 11 heteroatoms. The first-order valence-corrected chi connectivity index (χ1v) is 12.3. The van der Waals surface area contributed by atoms with Gasteiger partial charge in [0.25, 0.3) is 5.91 Å². The zero-order valence-electron chi connectivity index (χ0n) is 18.2. The molecule has 6 rings (SSSR count). The van der Waals surface area contributed by atoms with Gasteiger partial charge in [-0.3, -0.25) is 9.48 Å². The minimum atomic E-state index is -4.51. The zero-order chi connectivity index (χ0) is 24.3. The third-order valence-corrected chi connectivity index (χ3v) is 7.83. The molecule has 2 saturated heterocycles. The third kappa shape index (κ3) is 4.23. The molecule has 0 spiro atoms. The first-order chi connectivity index (χ1) is 16.7. The smallest absolute Gasteiger partial charge is 0.345 e. The lowest BCUT2D eigenvalue weighted by atomic mass is 10.1. The van der Waals surface area contributed by atoms with Crippen LogP contribution in [0.3, 0.4) is 0 Å². The number of amides is 1. The predicted molar refractivity (Wildman–Crippen MR) is 130 cm³/mol. The first kappa shape index (κ1) is 22.6. The van der Waals surface area contributed by atoms with Crippen LogP contribution in [0.5, 0.6) is 0 Å². The van der Waals surface area contributed by atoms with Crippen molar-refractivity contribution >= 4 is 51.4 Å². The molecule has 2 bridgehead atoms. The molecule has 0 saturated carbocycles. The monoisotopic (exact) mass is 517 g/mol. The summed E-state index contributed by atoms with van der Waals surface area (Å²) in [4.78, 5) is 19.6. The number of alkyl halides is 3. The number of rotatable bonds is 3. The quantitative estimate of drug-likeness (QED) is 0.507. The van der Waals surface area contributed by atoms with E-state index in [1.54, 1.807) is 18.3 Å². The normalized spacial score (nSPS) is 23.2. The van der Waals surface area contributed by atoms with E-state index in [4.69, 9.17) is 11.6 Å². The van der Waals surface area contributed by atoms with Crippen molar-refractivity contribution in [3.63, 3.8) is 0 Å². The van der Waals surface area contributed by atoms with E-state index in [0.29, 0.717) is 22.5 Å². The van der Waals surface area contributed by atoms with Gasteiger partial charge in [0, 0.05) is 35.6 Å². The number of fused-ring (bicyclic) bond motifs is 3. The minimum absolute atomic E-state index is 0.0319. The highest BCUT2D eigenvalue weighted by Gasteiger charge is 2.41. The molecular formula is C24H19ClF3N5OS. The second-order valence-corrected chi connectivity index (χ2v) is 10.3. The van der Waals surface area contributed by atoms with Gasteiger partial charge in [0.05, 0.1) is 28.7 Å². The fourth-order valence-corrected chi connectivity index (χ4v) is 6.07. The van der Waals surface area contributed by atoms with Crippen molar-refractivity contribution in [3.05, 3.63) is 69.2 Å². The topological polar surface area (TPSA) is 62.5 Å². The van der Waals surface area contributed by atoms with Crippen LogP contribution in [0.25, 0.3) is 17.0 Å². The molecular weight excluding hydrogens is 499 g/mol. The van der Waals surface area contributed by atoms with Crippen LogP contribution >= 0.6 is 23.4 Å². The molecule has 4 heterocycles. The van der Waals surface area contributed by atoms with Crippen LogP contribution in [0.2, 0.25) is 5.02 Å². The van der Waals surface area contributed by atoms with Gasteiger partial charge in [0.1, 0.15) is 0 Å². The number of likely N-dealkylation sites (tertiary alicyclic amines) is 1. The molecule has 0 aliphatic carbocycles. The molecule has 3 aliphatic heterocycles. The number of thioether (sulfide) groups is 1. The second kappa shape index (κ2) is 8.39. The third-order valence-electron chi connectivity index (χ3n) is 6.57. The lowest BCUT2D eigenvalue weighted by molar-refractivity contribution is -0.138. The van der Waals surface area contributed by atoms with Crippen molar-refractivity contribution in [2.24, 2.45) is 4.99 Å². The highest BCUT2D eigenvalue weighted by atomic mass is 35.5. The lowest BCUT2D eigenvalue weighted by Crippen LogP contribution is -2.45. The number of amidine groups is 1. The number of hydrogen-bond acceptors (Lipinski definition) is 5. The Kier molecular flexibility index (Phi) is 5.43. The lowest BCUT2D eigenvalue weighted by Gasteiger charge is -2.28. The van der Waals surface area contributed by atoms with Crippen molar-refractivity contribution in [2.75, 3.05) is 13.1 Å². The highest BCUT2D eigenvalue weighted by Crippen LogP contribution is 2.36. The Bertz CT molecular complexity index is 1420. The Morgan fingerprint density at radius 3 is 2.83 bits per heavy atom. The molecule has 2 aromatic carbocycles. The number of carbonyl (C=O) groups is 1. The molecule has 3 aromatic rings. The van der Waals surface area contributed by atoms with Gasteiger partial charge in [0.15, 0.2) is 5.17 Å². The standard InChI is InChI=1S/C24H19ClF3N5OS/c25-16-3-2-14(19(7-16)24(26,27)28)11-33-20-4-1-13(5-15(20)9-30-33)6-21-22(34)31-23(35-21)32-12-17-8-18(32)10-29-17/h1-7,9,17-18,29H,8,10-12H2/b21-6-. The van der Waals surface area contributed by atoms with Crippen molar-refractivity contribution < 1.29 is 18.0 Å². The van der Waals surface area contributed by atoms with Gasteiger partial charge < -0.3 is 10.2 Å². The summed E-state index contributed by atoms with van der Waals surface area (Å²) in [7, 11) is 0. The van der Waals surface area contributed by atoms with E-state index in [1.807, 2.05) is 12.1 Å². The van der Waals surface area contributed by atoms with Gasteiger partial charge in [-0.05, 0) is 59.7 Å². The summed E-state index contributed by atoms with van der Waals surface area (Å²) < 4.78 is 42.0. The molecule has 3 aliphatic rings. The largest absolute Gasteiger partial charge is 0.416 e. The molecule has 2 unspecified atom stereocenters. The van der Waals surface area contributed by atoms with Crippen molar-refractivity contribution in [1.82, 2.24) is 20.0 Å². The van der Waals surface area contributed by atoms with Crippen LogP contribution in [0.15, 0.2) is 52.5 Å². The molecule has 1 aromatic heterocycles. The molecule has 6 nitrogen and oxygen atoms in total. The van der Waals surface area contributed by atoms with E-state index in [0.717, 1.165) is 41.7 Å². The summed E-state index contributed by atoms with van der Waals surface area (Å²) in [6, 6.07) is 10.1. The number of carbonyl (C=O) groups excluding carboxylic acids is 1. The van der Waals surface area contributed by atoms with Gasteiger partial charge in [-0.25, -0.2) is 0 Å². The van der Waals surface area contributed by atoms with E-state index in [1.165, 1.54) is 28.6 Å². The average molecular weight is 518 g/mol. The Hall–Kier alpha value is -2.82. The minimum Gasteiger partial charge on any atom is -0.345 e. The van der Waals surface area contributed by atoms with E-state index in [9.17, 15) is 18.0 Å². The summed E-state index contributed by atoms with van der Waals surface area (Å²) in [5, 5.41) is 9.30. The van der Waals surface area contributed by atoms with Gasteiger partial charge in [-0.15, -0.1) is 0 Å². The molecule has 2 fully saturated rings. The predicted octanol–water partition coefficient (Wildman–Crippen LogP) is 4.77. The van der Waals surface area contributed by atoms with Crippen molar-refractivity contribution in [2.45, 2.75) is 31.2 Å². The van der Waals surface area contributed by atoms with E-state index in [-0.39, 0.29) is 23.0 Å². The number of benzene rings is 2. The molecule has 0 radical (unpaired) electrons. The second-order valence-electron chi connectivity index (χ2n) is 8.88. The Morgan fingerprint density at radius 1 is 1.23 bits per heavy atom. The SMILES string of the molecule is O=C1N=C(N2CC3CC2CN3)S/C1=C\c1ccc2c(cnn2Cc2ccc(Cl)cc2C(F)(F)F)c1. The van der Waals surface area contributed by atoms with Gasteiger partial charge >= 0.3 is 6.18 Å². The van der Waals surface area contributed by atoms with E-state index >= 15 is 0 Å². The molecule has 1 N–H and O–H groups in total. The maximum atomic E-state index is 13.5. The van der Waals surface area contributed by atoms with Crippen LogP contribution < -0.4 is 5.32 Å². The fraction of sp³-hybridized carbons (Fsp3) is 0.292. The average Bonchev–Trinajstić information content (AvgIpc) is 3.59. The number of piperazine rings is 1. The molecule has 1 amide bonds. The molecule has 2 atom stereocenters. The number of hydrogen-bond donors (Lipinski definition) is 1. The number of aromatic nitrogens is 2. The van der Waals surface area contributed by atoms with Crippen LogP contribution in [-0.2, 0) is 17.5 Å². The van der Waals surface area contributed by atoms with E-state index in [2.05, 4.69) is 20.3 Å². The summed E-state index contributed by atoms with van der Waals surface area (Å²) >= 11 is 7.18. The summed E-state index contributed by atoms with van der Waals surface area (Å²) in [5.41, 5.74) is 0.806. The van der Waals surface area contributed by atoms with E-state index < -0.39 is 11.7 Å². The summed E-state index contributed by atoms with van der Waals surface area (Å²) in [6.45, 7) is 1.73. The summed E-state index contributed by atoms with van der Waals surface area (Å²) in [6.07, 6.45) is -0.0259. The van der Waals surface area contributed by atoms with Crippen molar-refractivity contribution in [3.8, 4) is 0 Å². The van der Waals surface area contributed by atoms with Gasteiger partial charge in [-0.2, -0.15) is 23.3 Å². The number of nitrogens with one attached hydrogen (secondary N) is 1. The van der Waals surface area contributed by atoms with Crippen LogP contribution in [0.1, 0.15) is 23.1 Å². The Morgan fingerprint density at radius 2 is 2.09 bits per heavy atom. The maximum Gasteiger partial charge on any atom is 0.416 e. The van der Waals surface area contributed by atoms with Gasteiger partial charge in [-0.1, -0.05) is 23.7 Å². The fourth-order valence-electron chi connectivity index (χ4n) is 4.90. The molecule has 180 valence electrons. The zero-order valence-corrected chi connectivity index (χ0v) is 19.8. The van der Waals surface area contributed by atoms with Gasteiger partial charge in [0.2, 0.25) is 0 Å². The van der Waals surface area contributed by atoms with Crippen LogP contribution in [0.4, 0.5) is 13.2 Å². The maximum absolute atomic E-state index is 13.5. The number of halogens is 4. The first-order valence-electron chi connectivity index (χ1n) is 11.1. The molecule has 35 heavy (non-hydrogen) atoms. The summed E-state index contributed by atoms with van der Waals surface area (Å²) in [5.74, 6) is -0.251. The Labute approximate surface area is 207 Å².